The van der Waals surface area contributed by atoms with Gasteiger partial charge in [0, 0.05) is 24.0 Å². The second kappa shape index (κ2) is 9.91. The van der Waals surface area contributed by atoms with Gasteiger partial charge in [-0.05, 0) is 66.3 Å². The number of rotatable bonds is 7. The number of anilines is 2. The van der Waals surface area contributed by atoms with E-state index in [1.54, 1.807) is 0 Å². The third-order valence-electron chi connectivity index (χ3n) is 5.32. The summed E-state index contributed by atoms with van der Waals surface area (Å²) in [6.45, 7) is 0. The Bertz CT molecular complexity index is 948. The summed E-state index contributed by atoms with van der Waals surface area (Å²) >= 11 is 5.89. The first kappa shape index (κ1) is 21.4. The summed E-state index contributed by atoms with van der Waals surface area (Å²) in [5.41, 5.74) is 5.52. The molecule has 1 aliphatic heterocycles. The van der Waals surface area contributed by atoms with Crippen LogP contribution in [-0.2, 0) is 11.2 Å². The minimum absolute atomic E-state index is 0. The number of carbonyl (C=O) groups excluding carboxylic acids is 1. The van der Waals surface area contributed by atoms with E-state index in [1.807, 2.05) is 59.8 Å². The number of para-hydroxylation sites is 1. The average molecular weight is 427 g/mol. The van der Waals surface area contributed by atoms with Gasteiger partial charge in [-0.3, -0.25) is 14.7 Å². The smallest absolute Gasteiger partial charge is 0.239 e. The zero-order valence-corrected chi connectivity index (χ0v) is 17.7. The van der Waals surface area contributed by atoms with E-state index in [-0.39, 0.29) is 24.2 Å². The van der Waals surface area contributed by atoms with E-state index in [1.165, 1.54) is 16.7 Å². The first-order chi connectivity index (χ1) is 13.8. The highest BCUT2D eigenvalue weighted by molar-refractivity contribution is 6.17. The molecule has 0 saturated heterocycles. The number of fused-ring (bicyclic) bond motifs is 1. The molecule has 2 aromatic carbocycles. The molecule has 2 heterocycles. The molecule has 0 fully saturated rings. The third-order valence-corrected chi connectivity index (χ3v) is 5.58. The van der Waals surface area contributed by atoms with E-state index >= 15 is 0 Å². The minimum Gasteiger partial charge on any atom is -0.280 e. The topological polar surface area (TPSA) is 33.2 Å². The molecule has 0 aliphatic carbocycles. The Balaban J connectivity index is 0.00000240. The van der Waals surface area contributed by atoms with Crippen molar-refractivity contribution in [2.75, 3.05) is 10.8 Å². The van der Waals surface area contributed by atoms with E-state index < -0.39 is 0 Å². The van der Waals surface area contributed by atoms with Crippen molar-refractivity contribution in [3.63, 3.8) is 0 Å². The lowest BCUT2D eigenvalue weighted by atomic mass is 9.89. The summed E-state index contributed by atoms with van der Waals surface area (Å²) < 4.78 is 0. The molecule has 5 heteroatoms. The van der Waals surface area contributed by atoms with E-state index in [9.17, 15) is 4.79 Å². The fourth-order valence-electron chi connectivity index (χ4n) is 4.02. The average Bonchev–Trinajstić information content (AvgIpc) is 3.02. The van der Waals surface area contributed by atoms with Gasteiger partial charge in [0.05, 0.1) is 11.6 Å². The molecule has 3 nitrogen and oxygen atoms in total. The number of benzene rings is 2. The first-order valence-electron chi connectivity index (χ1n) is 9.75. The second-order valence-electron chi connectivity index (χ2n) is 7.13. The summed E-state index contributed by atoms with van der Waals surface area (Å²) in [7, 11) is 0. The van der Waals surface area contributed by atoms with Gasteiger partial charge in [-0.15, -0.1) is 24.0 Å². The van der Waals surface area contributed by atoms with Crippen molar-refractivity contribution in [1.82, 2.24) is 4.98 Å². The largest absolute Gasteiger partial charge is 0.280 e. The van der Waals surface area contributed by atoms with Gasteiger partial charge in [0.15, 0.2) is 0 Å². The van der Waals surface area contributed by atoms with Crippen LogP contribution >= 0.6 is 24.0 Å². The van der Waals surface area contributed by atoms with Gasteiger partial charge in [-0.1, -0.05) is 36.8 Å². The molecule has 0 N–H and O–H groups in total. The highest BCUT2D eigenvalue weighted by Crippen LogP contribution is 2.46. The lowest BCUT2D eigenvalue weighted by Gasteiger charge is -2.18. The van der Waals surface area contributed by atoms with Crippen LogP contribution in [0.4, 0.5) is 11.4 Å². The Hall–Kier alpha value is -2.36. The molecule has 1 aromatic heterocycles. The number of unbranched alkanes of at least 4 members (excludes halogenated alkanes) is 1. The molecule has 1 atom stereocenters. The van der Waals surface area contributed by atoms with Crippen molar-refractivity contribution < 1.29 is 4.79 Å². The fourth-order valence-corrected chi connectivity index (χ4v) is 4.21. The molecule has 29 heavy (non-hydrogen) atoms. The molecule has 1 unspecified atom stereocenters. The van der Waals surface area contributed by atoms with Gasteiger partial charge in [-0.25, -0.2) is 0 Å². The molecule has 3 aromatic rings. The van der Waals surface area contributed by atoms with Gasteiger partial charge in [0.2, 0.25) is 5.91 Å². The second-order valence-corrected chi connectivity index (χ2v) is 7.51. The molecular formula is C24H24Cl2N2O. The SMILES string of the molecule is Cl.O=C1C(CCCCCl)c2c(Cc3ccncc3)cccc2N1c1ccccc1. The number of amides is 1. The monoisotopic (exact) mass is 426 g/mol. The van der Waals surface area contributed by atoms with E-state index in [0.717, 1.165) is 37.1 Å². The van der Waals surface area contributed by atoms with Crippen LogP contribution in [0.3, 0.4) is 0 Å². The van der Waals surface area contributed by atoms with E-state index in [4.69, 9.17) is 11.6 Å². The number of alkyl halides is 1. The zero-order chi connectivity index (χ0) is 19.3. The number of hydrogen-bond acceptors (Lipinski definition) is 2. The van der Waals surface area contributed by atoms with Crippen molar-refractivity contribution in [2.24, 2.45) is 0 Å². The molecule has 0 bridgehead atoms. The molecule has 1 aliphatic rings. The van der Waals surface area contributed by atoms with Crippen LogP contribution in [0.2, 0.25) is 0 Å². The van der Waals surface area contributed by atoms with Crippen LogP contribution in [0.5, 0.6) is 0 Å². The highest BCUT2D eigenvalue weighted by atomic mass is 35.5. The number of carbonyl (C=O) groups is 1. The summed E-state index contributed by atoms with van der Waals surface area (Å²) in [5.74, 6) is 0.684. The predicted molar refractivity (Wildman–Crippen MR) is 122 cm³/mol. The molecule has 0 radical (unpaired) electrons. The summed E-state index contributed by atoms with van der Waals surface area (Å²) in [6.07, 6.45) is 7.14. The van der Waals surface area contributed by atoms with Gasteiger partial charge >= 0.3 is 0 Å². The standard InChI is InChI=1S/C24H23ClN2O.ClH/c25-14-5-4-10-21-23-19(17-18-12-15-26-16-13-18)7-6-11-22(23)27(24(21)28)20-8-2-1-3-9-20;/h1-3,6-9,11-13,15-16,21H,4-5,10,14,17H2;1H. The van der Waals surface area contributed by atoms with Crippen molar-refractivity contribution in [2.45, 2.75) is 31.6 Å². The quantitative estimate of drug-likeness (QED) is 0.329. The lowest BCUT2D eigenvalue weighted by Crippen LogP contribution is -2.23. The van der Waals surface area contributed by atoms with Crippen LogP contribution in [-0.4, -0.2) is 16.8 Å². The van der Waals surface area contributed by atoms with Gasteiger partial charge < -0.3 is 0 Å². The van der Waals surface area contributed by atoms with Crippen LogP contribution in [0.25, 0.3) is 0 Å². The van der Waals surface area contributed by atoms with Gasteiger partial charge in [0.1, 0.15) is 0 Å². The fraction of sp³-hybridized carbons (Fsp3) is 0.250. The van der Waals surface area contributed by atoms with Gasteiger partial charge in [-0.2, -0.15) is 0 Å². The number of halogens is 2. The van der Waals surface area contributed by atoms with Crippen molar-refractivity contribution in [1.29, 1.82) is 0 Å². The summed E-state index contributed by atoms with van der Waals surface area (Å²) in [5, 5.41) is 0. The summed E-state index contributed by atoms with van der Waals surface area (Å²) in [6, 6.07) is 20.3. The Morgan fingerprint density at radius 1 is 0.931 bits per heavy atom. The van der Waals surface area contributed by atoms with Crippen LogP contribution < -0.4 is 4.90 Å². The Morgan fingerprint density at radius 3 is 2.41 bits per heavy atom. The molecular weight excluding hydrogens is 403 g/mol. The maximum absolute atomic E-state index is 13.4. The van der Waals surface area contributed by atoms with Crippen molar-refractivity contribution >= 4 is 41.3 Å². The predicted octanol–water partition coefficient (Wildman–Crippen LogP) is 6.27. The molecule has 0 saturated carbocycles. The van der Waals surface area contributed by atoms with Crippen molar-refractivity contribution in [3.05, 3.63) is 89.7 Å². The molecule has 0 spiro atoms. The molecule has 1 amide bonds. The number of hydrogen-bond donors (Lipinski definition) is 0. The van der Waals surface area contributed by atoms with E-state index in [0.29, 0.717) is 5.88 Å². The molecule has 150 valence electrons. The Morgan fingerprint density at radius 2 is 1.69 bits per heavy atom. The number of aromatic nitrogens is 1. The number of pyridine rings is 1. The summed E-state index contributed by atoms with van der Waals surface area (Å²) in [4.78, 5) is 19.4. The highest BCUT2D eigenvalue weighted by Gasteiger charge is 2.39. The van der Waals surface area contributed by atoms with Crippen molar-refractivity contribution in [3.8, 4) is 0 Å². The number of nitrogens with zero attached hydrogens (tertiary/aromatic N) is 2. The Kier molecular flexibility index (Phi) is 7.29. The van der Waals surface area contributed by atoms with Gasteiger partial charge in [0.25, 0.3) is 0 Å². The normalized spacial score (nSPS) is 15.1. The lowest BCUT2D eigenvalue weighted by molar-refractivity contribution is -0.118. The molecule has 4 rings (SSSR count). The Labute approximate surface area is 183 Å². The van der Waals surface area contributed by atoms with Crippen LogP contribution in [0.1, 0.15) is 41.9 Å². The van der Waals surface area contributed by atoms with Crippen LogP contribution in [0, 0.1) is 0 Å². The zero-order valence-electron chi connectivity index (χ0n) is 16.1. The minimum atomic E-state index is -0.114. The first-order valence-corrected chi connectivity index (χ1v) is 10.3. The maximum Gasteiger partial charge on any atom is 0.239 e. The van der Waals surface area contributed by atoms with E-state index in [2.05, 4.69) is 23.2 Å². The maximum atomic E-state index is 13.4. The third kappa shape index (κ3) is 4.47. The van der Waals surface area contributed by atoms with Crippen LogP contribution in [0.15, 0.2) is 73.1 Å².